The fourth-order valence-electron chi connectivity index (χ4n) is 2.04. The summed E-state index contributed by atoms with van der Waals surface area (Å²) in [5.74, 6) is 0.804. The van der Waals surface area contributed by atoms with Crippen molar-refractivity contribution in [3.8, 4) is 22.7 Å². The highest BCUT2D eigenvalue weighted by Gasteiger charge is 2.11. The lowest BCUT2D eigenvalue weighted by molar-refractivity contribution is 0.414. The van der Waals surface area contributed by atoms with Crippen molar-refractivity contribution in [2.75, 3.05) is 7.11 Å². The van der Waals surface area contributed by atoms with Crippen LogP contribution in [-0.4, -0.2) is 21.9 Å². The minimum atomic E-state index is 0.450. The van der Waals surface area contributed by atoms with E-state index in [-0.39, 0.29) is 0 Å². The number of methoxy groups -OCH3 is 1. The van der Waals surface area contributed by atoms with Crippen LogP contribution in [0.1, 0.15) is 0 Å². The molecule has 0 N–H and O–H groups in total. The molecule has 0 aliphatic carbocycles. The number of rotatable bonds is 3. The Balaban J connectivity index is 2.10. The normalized spacial score (nSPS) is 10.6. The molecule has 2 heterocycles. The second-order valence-electron chi connectivity index (χ2n) is 4.33. The number of hydrogen-bond acceptors (Lipinski definition) is 3. The molecular weight excluding hydrogens is 354 g/mol. The Morgan fingerprint density at radius 2 is 1.90 bits per heavy atom. The van der Waals surface area contributed by atoms with Gasteiger partial charge in [0, 0.05) is 11.8 Å². The van der Waals surface area contributed by atoms with Gasteiger partial charge in [-0.3, -0.25) is 0 Å². The second kappa shape index (κ2) is 5.87. The molecule has 0 fully saturated rings. The summed E-state index contributed by atoms with van der Waals surface area (Å²) in [6.07, 6.45) is 1.68. The summed E-state index contributed by atoms with van der Waals surface area (Å²) in [7, 11) is 1.64. The first-order valence-electron chi connectivity index (χ1n) is 6.19. The van der Waals surface area contributed by atoms with E-state index in [1.54, 1.807) is 13.3 Å². The molecule has 1 aromatic carbocycles. The first-order chi connectivity index (χ1) is 10.2. The van der Waals surface area contributed by atoms with E-state index in [1.807, 2.05) is 47.1 Å². The molecule has 0 unspecified atom stereocenters. The highest BCUT2D eigenvalue weighted by Crippen LogP contribution is 2.27. The molecule has 0 saturated heterocycles. The van der Waals surface area contributed by atoms with Gasteiger partial charge in [0.1, 0.15) is 15.5 Å². The zero-order valence-electron chi connectivity index (χ0n) is 11.1. The van der Waals surface area contributed by atoms with Gasteiger partial charge in [-0.15, -0.1) is 0 Å². The van der Waals surface area contributed by atoms with Crippen LogP contribution in [0.25, 0.3) is 16.9 Å². The van der Waals surface area contributed by atoms with Gasteiger partial charge >= 0.3 is 0 Å². The molecule has 4 nitrogen and oxygen atoms in total. The molecule has 0 saturated carbocycles. The summed E-state index contributed by atoms with van der Waals surface area (Å²) in [5, 5.41) is 4.92. The number of hydrogen-bond donors (Lipinski definition) is 0. The van der Waals surface area contributed by atoms with Gasteiger partial charge in [-0.1, -0.05) is 11.6 Å². The van der Waals surface area contributed by atoms with Crippen LogP contribution in [0.4, 0.5) is 0 Å². The van der Waals surface area contributed by atoms with Crippen LogP contribution < -0.4 is 4.74 Å². The molecule has 3 aromatic rings. The Bertz CT molecular complexity index is 771. The summed E-state index contributed by atoms with van der Waals surface area (Å²) >= 11 is 9.39. The summed E-state index contributed by atoms with van der Waals surface area (Å²) in [6, 6.07) is 13.3. The standard InChI is InChI=1S/C15H11BrClN3O/c1-21-12-4-2-11(3-5-12)20-13(9-14(16)19-20)10-6-7-18-15(17)8-10/h2-9H,1H3. The number of pyridine rings is 1. The van der Waals surface area contributed by atoms with Crippen molar-refractivity contribution < 1.29 is 4.74 Å². The van der Waals surface area contributed by atoms with E-state index in [1.165, 1.54) is 0 Å². The molecule has 0 atom stereocenters. The van der Waals surface area contributed by atoms with Crippen molar-refractivity contribution in [1.29, 1.82) is 0 Å². The maximum absolute atomic E-state index is 5.97. The number of ether oxygens (including phenoxy) is 1. The van der Waals surface area contributed by atoms with Crippen LogP contribution in [0.3, 0.4) is 0 Å². The lowest BCUT2D eigenvalue weighted by Gasteiger charge is -2.08. The van der Waals surface area contributed by atoms with Crippen LogP contribution in [0.2, 0.25) is 5.15 Å². The maximum Gasteiger partial charge on any atom is 0.129 e. The largest absolute Gasteiger partial charge is 0.497 e. The van der Waals surface area contributed by atoms with Gasteiger partial charge in [-0.25, -0.2) is 9.67 Å². The molecular formula is C15H11BrClN3O. The van der Waals surface area contributed by atoms with Crippen LogP contribution in [0.5, 0.6) is 5.75 Å². The smallest absolute Gasteiger partial charge is 0.129 e. The average Bonchev–Trinajstić information content (AvgIpc) is 2.89. The van der Waals surface area contributed by atoms with Gasteiger partial charge in [-0.05, 0) is 58.4 Å². The minimum absolute atomic E-state index is 0.450. The average molecular weight is 365 g/mol. The second-order valence-corrected chi connectivity index (χ2v) is 5.53. The van der Waals surface area contributed by atoms with Crippen molar-refractivity contribution in [1.82, 2.24) is 14.8 Å². The van der Waals surface area contributed by atoms with E-state index >= 15 is 0 Å². The highest BCUT2D eigenvalue weighted by atomic mass is 79.9. The van der Waals surface area contributed by atoms with E-state index in [4.69, 9.17) is 16.3 Å². The molecule has 0 spiro atoms. The summed E-state index contributed by atoms with van der Waals surface area (Å²) in [6.45, 7) is 0. The zero-order chi connectivity index (χ0) is 14.8. The maximum atomic E-state index is 5.97. The molecule has 3 rings (SSSR count). The molecule has 0 aliphatic rings. The Morgan fingerprint density at radius 1 is 1.14 bits per heavy atom. The fourth-order valence-corrected chi connectivity index (χ4v) is 2.59. The van der Waals surface area contributed by atoms with E-state index in [9.17, 15) is 0 Å². The first kappa shape index (κ1) is 14.1. The molecule has 2 aromatic heterocycles. The number of nitrogens with zero attached hydrogens (tertiary/aromatic N) is 3. The number of halogens is 2. The van der Waals surface area contributed by atoms with Crippen LogP contribution in [0.15, 0.2) is 53.3 Å². The molecule has 0 radical (unpaired) electrons. The number of benzene rings is 1. The third-order valence-corrected chi connectivity index (χ3v) is 3.61. The molecule has 0 bridgehead atoms. The topological polar surface area (TPSA) is 39.9 Å². The van der Waals surface area contributed by atoms with Crippen LogP contribution >= 0.6 is 27.5 Å². The lowest BCUT2D eigenvalue weighted by atomic mass is 10.2. The Morgan fingerprint density at radius 3 is 2.57 bits per heavy atom. The van der Waals surface area contributed by atoms with Gasteiger partial charge in [0.25, 0.3) is 0 Å². The SMILES string of the molecule is COc1ccc(-n2nc(Br)cc2-c2ccnc(Cl)c2)cc1. The Kier molecular flexibility index (Phi) is 3.94. The number of aromatic nitrogens is 3. The molecule has 106 valence electrons. The Hall–Kier alpha value is -1.85. The van der Waals surface area contributed by atoms with Gasteiger partial charge in [0.05, 0.1) is 18.5 Å². The molecule has 0 aliphatic heterocycles. The summed E-state index contributed by atoms with van der Waals surface area (Å²) < 4.78 is 7.77. The van der Waals surface area contributed by atoms with E-state index in [2.05, 4.69) is 26.0 Å². The van der Waals surface area contributed by atoms with Crippen molar-refractivity contribution >= 4 is 27.5 Å². The van der Waals surface area contributed by atoms with Gasteiger partial charge in [0.15, 0.2) is 0 Å². The van der Waals surface area contributed by atoms with Crippen molar-refractivity contribution in [3.63, 3.8) is 0 Å². The van der Waals surface area contributed by atoms with Crippen LogP contribution in [-0.2, 0) is 0 Å². The molecule has 21 heavy (non-hydrogen) atoms. The highest BCUT2D eigenvalue weighted by molar-refractivity contribution is 9.10. The zero-order valence-corrected chi connectivity index (χ0v) is 13.5. The van der Waals surface area contributed by atoms with E-state index in [0.29, 0.717) is 5.15 Å². The van der Waals surface area contributed by atoms with Gasteiger partial charge in [-0.2, -0.15) is 5.10 Å². The van der Waals surface area contributed by atoms with E-state index < -0.39 is 0 Å². The summed E-state index contributed by atoms with van der Waals surface area (Å²) in [4.78, 5) is 4.00. The fraction of sp³-hybridized carbons (Fsp3) is 0.0667. The van der Waals surface area contributed by atoms with Crippen molar-refractivity contribution in [2.24, 2.45) is 0 Å². The molecule has 0 amide bonds. The van der Waals surface area contributed by atoms with Crippen molar-refractivity contribution in [3.05, 3.63) is 58.4 Å². The van der Waals surface area contributed by atoms with Gasteiger partial charge in [0.2, 0.25) is 0 Å². The van der Waals surface area contributed by atoms with Crippen molar-refractivity contribution in [2.45, 2.75) is 0 Å². The monoisotopic (exact) mass is 363 g/mol. The third kappa shape index (κ3) is 2.94. The van der Waals surface area contributed by atoms with Crippen LogP contribution in [0, 0.1) is 0 Å². The minimum Gasteiger partial charge on any atom is -0.497 e. The van der Waals surface area contributed by atoms with Gasteiger partial charge < -0.3 is 4.74 Å². The molecule has 6 heteroatoms. The Labute approximate surface area is 135 Å². The predicted molar refractivity (Wildman–Crippen MR) is 86.1 cm³/mol. The quantitative estimate of drug-likeness (QED) is 0.648. The lowest BCUT2D eigenvalue weighted by Crippen LogP contribution is -1.99. The summed E-state index contributed by atoms with van der Waals surface area (Å²) in [5.41, 5.74) is 2.81. The first-order valence-corrected chi connectivity index (χ1v) is 7.36. The predicted octanol–water partition coefficient (Wildman–Crippen LogP) is 4.36. The van der Waals surface area contributed by atoms with E-state index in [0.717, 1.165) is 27.3 Å². The third-order valence-electron chi connectivity index (χ3n) is 3.02.